The number of aromatic amines is 1. The van der Waals surface area contributed by atoms with Crippen molar-refractivity contribution in [3.63, 3.8) is 0 Å². The minimum atomic E-state index is 0.494. The second kappa shape index (κ2) is 7.52. The van der Waals surface area contributed by atoms with Gasteiger partial charge in [0.1, 0.15) is 17.2 Å². The van der Waals surface area contributed by atoms with E-state index < -0.39 is 0 Å². The van der Waals surface area contributed by atoms with E-state index in [9.17, 15) is 0 Å². The number of ether oxygens (including phenoxy) is 2. The number of rotatable bonds is 5. The first-order valence-electron chi connectivity index (χ1n) is 8.96. The molecule has 0 aliphatic rings. The lowest BCUT2D eigenvalue weighted by Gasteiger charge is -2.13. The Morgan fingerprint density at radius 2 is 1.50 bits per heavy atom. The van der Waals surface area contributed by atoms with Gasteiger partial charge in [-0.25, -0.2) is 9.97 Å². The normalized spacial score (nSPS) is 10.7. The van der Waals surface area contributed by atoms with E-state index in [4.69, 9.17) is 9.47 Å². The minimum absolute atomic E-state index is 0.494. The van der Waals surface area contributed by atoms with Crippen molar-refractivity contribution in [3.05, 3.63) is 77.6 Å². The molecule has 0 radical (unpaired) electrons. The van der Waals surface area contributed by atoms with Crippen LogP contribution in [-0.2, 0) is 0 Å². The third-order valence-electron chi connectivity index (χ3n) is 4.23. The van der Waals surface area contributed by atoms with Crippen molar-refractivity contribution in [3.8, 4) is 34.6 Å². The van der Waals surface area contributed by atoms with Gasteiger partial charge in [0.15, 0.2) is 0 Å². The Bertz CT molecular complexity index is 1110. The van der Waals surface area contributed by atoms with Gasteiger partial charge in [-0.2, -0.15) is 5.10 Å². The summed E-state index contributed by atoms with van der Waals surface area (Å²) in [5, 5.41) is 7.18. The molecule has 0 amide bonds. The number of hydrogen-bond donors (Lipinski definition) is 1. The fourth-order valence-electron chi connectivity index (χ4n) is 2.83. The highest BCUT2D eigenvalue weighted by atomic mass is 16.5. The molecular formula is C22H20N4O2. The standard InChI is InChI=1S/C22H20N4O2/c1-14-11-15(2)20(13-19(14)27-21-8-4-5-10-23-21)28-22-9-6-7-17(24-22)18-12-16(3)25-26-18/h4-13H,1-3H3,(H,25,26). The Hall–Kier alpha value is -3.67. The summed E-state index contributed by atoms with van der Waals surface area (Å²) in [7, 11) is 0. The van der Waals surface area contributed by atoms with Gasteiger partial charge in [0.25, 0.3) is 0 Å². The summed E-state index contributed by atoms with van der Waals surface area (Å²) in [6.07, 6.45) is 1.70. The van der Waals surface area contributed by atoms with E-state index in [0.717, 1.165) is 28.2 Å². The largest absolute Gasteiger partial charge is 0.439 e. The van der Waals surface area contributed by atoms with Crippen molar-refractivity contribution < 1.29 is 9.47 Å². The molecule has 3 aromatic heterocycles. The highest BCUT2D eigenvalue weighted by Crippen LogP contribution is 2.33. The maximum Gasteiger partial charge on any atom is 0.219 e. The molecule has 0 spiro atoms. The van der Waals surface area contributed by atoms with Gasteiger partial charge in [0.05, 0.1) is 5.69 Å². The van der Waals surface area contributed by atoms with Crippen LogP contribution in [-0.4, -0.2) is 20.2 Å². The summed E-state index contributed by atoms with van der Waals surface area (Å²) in [6.45, 7) is 5.94. The van der Waals surface area contributed by atoms with Crippen molar-refractivity contribution in [2.24, 2.45) is 0 Å². The zero-order valence-corrected chi connectivity index (χ0v) is 15.9. The summed E-state index contributed by atoms with van der Waals surface area (Å²) in [5.74, 6) is 2.40. The lowest BCUT2D eigenvalue weighted by Crippen LogP contribution is -1.95. The highest BCUT2D eigenvalue weighted by molar-refractivity contribution is 5.55. The van der Waals surface area contributed by atoms with Gasteiger partial charge >= 0.3 is 0 Å². The fraction of sp³-hybridized carbons (Fsp3) is 0.136. The van der Waals surface area contributed by atoms with E-state index in [2.05, 4.69) is 20.2 Å². The van der Waals surface area contributed by atoms with Gasteiger partial charge < -0.3 is 9.47 Å². The zero-order valence-electron chi connectivity index (χ0n) is 15.9. The van der Waals surface area contributed by atoms with Crippen LogP contribution in [0.5, 0.6) is 23.3 Å². The number of aromatic nitrogens is 4. The predicted octanol–water partition coefficient (Wildman–Crippen LogP) is 5.38. The maximum absolute atomic E-state index is 6.06. The first-order valence-corrected chi connectivity index (χ1v) is 8.96. The van der Waals surface area contributed by atoms with Crippen molar-refractivity contribution >= 4 is 0 Å². The SMILES string of the molecule is Cc1cc(-c2cccc(Oc3cc(Oc4ccccn4)c(C)cc3C)n2)n[nH]1. The van der Waals surface area contributed by atoms with Crippen LogP contribution in [0.2, 0.25) is 0 Å². The Labute approximate surface area is 163 Å². The molecule has 1 aromatic carbocycles. The summed E-state index contributed by atoms with van der Waals surface area (Å²) < 4.78 is 12.0. The van der Waals surface area contributed by atoms with Crippen LogP contribution in [0.3, 0.4) is 0 Å². The van der Waals surface area contributed by atoms with Crippen LogP contribution < -0.4 is 9.47 Å². The summed E-state index contributed by atoms with van der Waals surface area (Å²) in [4.78, 5) is 8.78. The topological polar surface area (TPSA) is 72.9 Å². The van der Waals surface area contributed by atoms with Crippen molar-refractivity contribution in [1.82, 2.24) is 20.2 Å². The van der Waals surface area contributed by atoms with Crippen molar-refractivity contribution in [2.45, 2.75) is 20.8 Å². The Balaban J connectivity index is 1.62. The zero-order chi connectivity index (χ0) is 19.5. The van der Waals surface area contributed by atoms with E-state index in [1.807, 2.05) is 75.4 Å². The number of nitrogens with one attached hydrogen (secondary N) is 1. The molecule has 0 saturated heterocycles. The van der Waals surface area contributed by atoms with E-state index in [1.165, 1.54) is 0 Å². The van der Waals surface area contributed by atoms with Gasteiger partial charge in [-0.05, 0) is 56.2 Å². The smallest absolute Gasteiger partial charge is 0.219 e. The van der Waals surface area contributed by atoms with E-state index in [0.29, 0.717) is 23.3 Å². The van der Waals surface area contributed by atoms with E-state index in [-0.39, 0.29) is 0 Å². The van der Waals surface area contributed by atoms with E-state index in [1.54, 1.807) is 6.20 Å². The molecule has 6 nitrogen and oxygen atoms in total. The van der Waals surface area contributed by atoms with Gasteiger partial charge in [0.2, 0.25) is 11.8 Å². The lowest BCUT2D eigenvalue weighted by molar-refractivity contribution is 0.438. The Morgan fingerprint density at radius 3 is 2.18 bits per heavy atom. The average Bonchev–Trinajstić information content (AvgIpc) is 3.13. The second-order valence-corrected chi connectivity index (χ2v) is 6.55. The Kier molecular flexibility index (Phi) is 4.76. The quantitative estimate of drug-likeness (QED) is 0.509. The monoisotopic (exact) mass is 372 g/mol. The lowest BCUT2D eigenvalue weighted by atomic mass is 10.1. The molecule has 4 aromatic rings. The summed E-state index contributed by atoms with van der Waals surface area (Å²) in [5.41, 5.74) is 4.51. The van der Waals surface area contributed by atoms with Crippen molar-refractivity contribution in [1.29, 1.82) is 0 Å². The molecule has 3 heterocycles. The molecule has 6 heteroatoms. The van der Waals surface area contributed by atoms with Gasteiger partial charge in [-0.1, -0.05) is 12.1 Å². The van der Waals surface area contributed by atoms with Crippen LogP contribution in [0.1, 0.15) is 16.8 Å². The molecule has 0 fully saturated rings. The molecule has 28 heavy (non-hydrogen) atoms. The number of benzene rings is 1. The number of hydrogen-bond acceptors (Lipinski definition) is 5. The number of H-pyrrole nitrogens is 1. The molecule has 0 bridgehead atoms. The summed E-state index contributed by atoms with van der Waals surface area (Å²) in [6, 6.07) is 17.0. The van der Waals surface area contributed by atoms with Crippen LogP contribution in [0.4, 0.5) is 0 Å². The Morgan fingerprint density at radius 1 is 0.750 bits per heavy atom. The first-order chi connectivity index (χ1) is 13.6. The number of aryl methyl sites for hydroxylation is 3. The second-order valence-electron chi connectivity index (χ2n) is 6.55. The maximum atomic E-state index is 6.06. The van der Waals surface area contributed by atoms with Crippen LogP contribution in [0.15, 0.2) is 60.8 Å². The van der Waals surface area contributed by atoms with Gasteiger partial charge in [0, 0.05) is 30.1 Å². The van der Waals surface area contributed by atoms with Crippen LogP contribution >= 0.6 is 0 Å². The first kappa shape index (κ1) is 17.7. The molecule has 0 aliphatic carbocycles. The number of pyridine rings is 2. The molecule has 4 rings (SSSR count). The van der Waals surface area contributed by atoms with Gasteiger partial charge in [-0.15, -0.1) is 0 Å². The molecular weight excluding hydrogens is 352 g/mol. The molecule has 1 N–H and O–H groups in total. The van der Waals surface area contributed by atoms with E-state index >= 15 is 0 Å². The number of nitrogens with zero attached hydrogens (tertiary/aromatic N) is 3. The summed E-state index contributed by atoms with van der Waals surface area (Å²) >= 11 is 0. The average molecular weight is 372 g/mol. The van der Waals surface area contributed by atoms with Crippen LogP contribution in [0, 0.1) is 20.8 Å². The fourth-order valence-corrected chi connectivity index (χ4v) is 2.83. The molecule has 0 unspecified atom stereocenters. The third-order valence-corrected chi connectivity index (χ3v) is 4.23. The highest BCUT2D eigenvalue weighted by Gasteiger charge is 2.11. The van der Waals surface area contributed by atoms with Crippen LogP contribution in [0.25, 0.3) is 11.4 Å². The van der Waals surface area contributed by atoms with Crippen molar-refractivity contribution in [2.75, 3.05) is 0 Å². The molecule has 0 aliphatic heterocycles. The third kappa shape index (κ3) is 3.86. The molecule has 0 saturated carbocycles. The minimum Gasteiger partial charge on any atom is -0.439 e. The molecule has 0 atom stereocenters. The van der Waals surface area contributed by atoms with Gasteiger partial charge in [-0.3, -0.25) is 5.10 Å². The predicted molar refractivity (Wildman–Crippen MR) is 107 cm³/mol. The molecule has 140 valence electrons.